The zero-order valence-electron chi connectivity index (χ0n) is 25.6. The summed E-state index contributed by atoms with van der Waals surface area (Å²) < 4.78 is 12.5. The summed E-state index contributed by atoms with van der Waals surface area (Å²) in [5.41, 5.74) is 8.27. The number of furan rings is 2. The van der Waals surface area contributed by atoms with Gasteiger partial charge in [0, 0.05) is 38.2 Å². The second-order valence-corrected chi connectivity index (χ2v) is 12.0. The van der Waals surface area contributed by atoms with Gasteiger partial charge in [0.1, 0.15) is 22.3 Å². The zero-order chi connectivity index (χ0) is 31.6. The Hall–Kier alpha value is -6.59. The highest BCUT2D eigenvalue weighted by molar-refractivity contribution is 6.12. The molecule has 0 atom stereocenters. The van der Waals surface area contributed by atoms with Crippen molar-refractivity contribution < 1.29 is 8.83 Å². The van der Waals surface area contributed by atoms with Crippen molar-refractivity contribution in [3.8, 4) is 45.3 Å². The summed E-state index contributed by atoms with van der Waals surface area (Å²) >= 11 is 0. The van der Waals surface area contributed by atoms with Crippen molar-refractivity contribution in [1.29, 1.82) is 0 Å². The van der Waals surface area contributed by atoms with Gasteiger partial charge in [-0.3, -0.25) is 0 Å². The van der Waals surface area contributed by atoms with Crippen LogP contribution in [0.1, 0.15) is 0 Å². The van der Waals surface area contributed by atoms with Crippen LogP contribution in [0.15, 0.2) is 160 Å². The maximum atomic E-state index is 6.26. The molecule has 0 aliphatic rings. The van der Waals surface area contributed by atoms with E-state index in [1.165, 1.54) is 5.56 Å². The molecule has 0 fully saturated rings. The van der Waals surface area contributed by atoms with Gasteiger partial charge in [-0.15, -0.1) is 0 Å². The monoisotopic (exact) mass is 615 g/mol. The van der Waals surface area contributed by atoms with Gasteiger partial charge in [-0.05, 0) is 58.3 Å². The van der Waals surface area contributed by atoms with Crippen molar-refractivity contribution in [2.24, 2.45) is 0 Å². The molecular formula is C43H25N3O2. The van der Waals surface area contributed by atoms with Crippen molar-refractivity contribution in [1.82, 2.24) is 15.0 Å². The topological polar surface area (TPSA) is 65.0 Å². The van der Waals surface area contributed by atoms with Gasteiger partial charge >= 0.3 is 0 Å². The molecule has 0 N–H and O–H groups in total. The molecule has 0 aliphatic carbocycles. The van der Waals surface area contributed by atoms with E-state index in [1.54, 1.807) is 0 Å². The Bertz CT molecular complexity index is 2850. The number of hydrogen-bond donors (Lipinski definition) is 0. The van der Waals surface area contributed by atoms with Crippen LogP contribution >= 0.6 is 0 Å². The molecule has 3 heterocycles. The molecule has 0 bridgehead atoms. The van der Waals surface area contributed by atoms with E-state index in [2.05, 4.69) is 91.0 Å². The highest BCUT2D eigenvalue weighted by atomic mass is 16.3. The Kier molecular flexibility index (Phi) is 5.81. The quantitative estimate of drug-likeness (QED) is 0.197. The number of rotatable bonds is 4. The molecule has 0 unspecified atom stereocenters. The van der Waals surface area contributed by atoms with E-state index in [-0.39, 0.29) is 0 Å². The molecule has 48 heavy (non-hydrogen) atoms. The Labute approximate surface area is 274 Å². The van der Waals surface area contributed by atoms with Crippen LogP contribution in [0.25, 0.3) is 99.9 Å². The standard InChI is InChI=1S/C43H25N3O2/c1-2-10-26(11-3-1)27-20-22-30-28(24-27)12-8-15-33(30)42-44-41(29-21-23-32-31-13-4-6-17-36(31)48-39(32)25-29)45-43(46-42)35-16-9-19-38-40(35)34-14-5-7-18-37(34)47-38/h1-25H. The van der Waals surface area contributed by atoms with E-state index in [0.717, 1.165) is 76.9 Å². The van der Waals surface area contributed by atoms with Gasteiger partial charge in [-0.1, -0.05) is 115 Å². The fourth-order valence-electron chi connectivity index (χ4n) is 6.86. The Morgan fingerprint density at radius 1 is 0.333 bits per heavy atom. The average molecular weight is 616 g/mol. The summed E-state index contributed by atoms with van der Waals surface area (Å²) in [5.74, 6) is 1.75. The highest BCUT2D eigenvalue weighted by Crippen LogP contribution is 2.38. The van der Waals surface area contributed by atoms with Crippen molar-refractivity contribution >= 4 is 54.6 Å². The first kappa shape index (κ1) is 26.6. The van der Waals surface area contributed by atoms with Crippen molar-refractivity contribution in [2.45, 2.75) is 0 Å². The summed E-state index contributed by atoms with van der Waals surface area (Å²) in [7, 11) is 0. The summed E-state index contributed by atoms with van der Waals surface area (Å²) in [6, 6.07) is 51.7. The van der Waals surface area contributed by atoms with Crippen LogP contribution in [0.3, 0.4) is 0 Å². The molecule has 0 amide bonds. The molecule has 10 rings (SSSR count). The average Bonchev–Trinajstić information content (AvgIpc) is 3.72. The van der Waals surface area contributed by atoms with E-state index in [4.69, 9.17) is 23.8 Å². The maximum Gasteiger partial charge on any atom is 0.164 e. The molecule has 5 nitrogen and oxygen atoms in total. The summed E-state index contributed by atoms with van der Waals surface area (Å²) in [5, 5.41) is 6.33. The van der Waals surface area contributed by atoms with Crippen LogP contribution in [0.2, 0.25) is 0 Å². The van der Waals surface area contributed by atoms with Gasteiger partial charge in [0.25, 0.3) is 0 Å². The van der Waals surface area contributed by atoms with Gasteiger partial charge < -0.3 is 8.83 Å². The van der Waals surface area contributed by atoms with Crippen molar-refractivity contribution in [3.05, 3.63) is 152 Å². The predicted octanol–water partition coefficient (Wildman–Crippen LogP) is 11.5. The minimum Gasteiger partial charge on any atom is -0.456 e. The maximum absolute atomic E-state index is 6.26. The molecule has 0 radical (unpaired) electrons. The van der Waals surface area contributed by atoms with Crippen molar-refractivity contribution in [2.75, 3.05) is 0 Å². The largest absolute Gasteiger partial charge is 0.456 e. The number of nitrogens with zero attached hydrogens (tertiary/aromatic N) is 3. The number of para-hydroxylation sites is 2. The second kappa shape index (κ2) is 10.5. The SMILES string of the molecule is c1ccc(-c2ccc3c(-c4nc(-c5ccc6c(c5)oc5ccccc56)nc(-c5cccc6oc7ccccc7c56)n4)cccc3c2)cc1. The Balaban J connectivity index is 1.22. The van der Waals surface area contributed by atoms with E-state index in [9.17, 15) is 0 Å². The first-order valence-corrected chi connectivity index (χ1v) is 15.9. The lowest BCUT2D eigenvalue weighted by Crippen LogP contribution is -2.01. The number of aromatic nitrogens is 3. The second-order valence-electron chi connectivity index (χ2n) is 12.0. The van der Waals surface area contributed by atoms with Gasteiger partial charge in [0.15, 0.2) is 17.5 Å². The minimum atomic E-state index is 0.570. The van der Waals surface area contributed by atoms with Gasteiger partial charge in [-0.25, -0.2) is 15.0 Å². The fourth-order valence-corrected chi connectivity index (χ4v) is 6.86. The molecule has 10 aromatic rings. The third-order valence-corrected chi connectivity index (χ3v) is 9.14. The molecule has 0 aliphatic heterocycles. The normalized spacial score (nSPS) is 11.8. The molecule has 224 valence electrons. The van der Waals surface area contributed by atoms with Crippen molar-refractivity contribution in [3.63, 3.8) is 0 Å². The van der Waals surface area contributed by atoms with Crippen LogP contribution in [0, 0.1) is 0 Å². The number of benzene rings is 7. The third kappa shape index (κ3) is 4.22. The Morgan fingerprint density at radius 2 is 0.938 bits per heavy atom. The summed E-state index contributed by atoms with van der Waals surface area (Å²) in [4.78, 5) is 15.4. The first-order chi connectivity index (χ1) is 23.8. The molecule has 3 aromatic heterocycles. The third-order valence-electron chi connectivity index (χ3n) is 9.14. The van der Waals surface area contributed by atoms with E-state index in [1.807, 2.05) is 60.7 Å². The lowest BCUT2D eigenvalue weighted by Gasteiger charge is -2.12. The fraction of sp³-hybridized carbons (Fsp3) is 0. The van der Waals surface area contributed by atoms with Gasteiger partial charge in [0.2, 0.25) is 0 Å². The molecule has 5 heteroatoms. The van der Waals surface area contributed by atoms with E-state index < -0.39 is 0 Å². The van der Waals surface area contributed by atoms with Crippen LogP contribution in [0.4, 0.5) is 0 Å². The zero-order valence-corrected chi connectivity index (χ0v) is 25.6. The van der Waals surface area contributed by atoms with Crippen LogP contribution in [-0.4, -0.2) is 15.0 Å². The number of hydrogen-bond acceptors (Lipinski definition) is 5. The predicted molar refractivity (Wildman–Crippen MR) is 194 cm³/mol. The molecular weight excluding hydrogens is 590 g/mol. The lowest BCUT2D eigenvalue weighted by atomic mass is 9.98. The van der Waals surface area contributed by atoms with Crippen LogP contribution in [-0.2, 0) is 0 Å². The van der Waals surface area contributed by atoms with Crippen LogP contribution in [0.5, 0.6) is 0 Å². The summed E-state index contributed by atoms with van der Waals surface area (Å²) in [6.07, 6.45) is 0. The van der Waals surface area contributed by atoms with Crippen LogP contribution < -0.4 is 0 Å². The molecule has 0 saturated heterocycles. The molecule has 7 aromatic carbocycles. The van der Waals surface area contributed by atoms with Gasteiger partial charge in [-0.2, -0.15) is 0 Å². The van der Waals surface area contributed by atoms with Gasteiger partial charge in [0.05, 0.1) is 0 Å². The molecule has 0 spiro atoms. The molecule has 0 saturated carbocycles. The smallest absolute Gasteiger partial charge is 0.164 e. The number of fused-ring (bicyclic) bond motifs is 7. The van der Waals surface area contributed by atoms with E-state index >= 15 is 0 Å². The first-order valence-electron chi connectivity index (χ1n) is 15.9. The highest BCUT2D eigenvalue weighted by Gasteiger charge is 2.19. The Morgan fingerprint density at radius 3 is 1.81 bits per heavy atom. The minimum absolute atomic E-state index is 0.570. The van der Waals surface area contributed by atoms with E-state index in [0.29, 0.717) is 17.5 Å². The summed E-state index contributed by atoms with van der Waals surface area (Å²) in [6.45, 7) is 0. The lowest BCUT2D eigenvalue weighted by molar-refractivity contribution is 0.668.